The molecule has 6 heteroatoms. The average molecular weight is 257 g/mol. The molecule has 1 heterocycles. The summed E-state index contributed by atoms with van der Waals surface area (Å²) in [6.45, 7) is 4.41. The molecule has 1 rings (SSSR count). The summed E-state index contributed by atoms with van der Waals surface area (Å²) in [7, 11) is 0. The van der Waals surface area contributed by atoms with Gasteiger partial charge in [-0.05, 0) is 12.8 Å². The molecule has 102 valence electrons. The zero-order chi connectivity index (χ0) is 13.6. The molecule has 0 fully saturated rings. The second-order valence-corrected chi connectivity index (χ2v) is 4.18. The van der Waals surface area contributed by atoms with Gasteiger partial charge in [-0.3, -0.25) is 9.59 Å². The first-order valence-corrected chi connectivity index (χ1v) is 6.02. The van der Waals surface area contributed by atoms with E-state index in [1.165, 1.54) is 6.26 Å². The molecule has 1 aliphatic heterocycles. The summed E-state index contributed by atoms with van der Waals surface area (Å²) in [6.07, 6.45) is 2.16. The van der Waals surface area contributed by atoms with Crippen LogP contribution in [0.2, 0.25) is 0 Å². The second kappa shape index (κ2) is 6.28. The van der Waals surface area contributed by atoms with Crippen molar-refractivity contribution in [2.24, 2.45) is 5.41 Å². The molecule has 0 unspecified atom stereocenters. The van der Waals surface area contributed by atoms with Crippen molar-refractivity contribution in [3.8, 4) is 0 Å². The number of carbonyl (C=O) groups is 2. The van der Waals surface area contributed by atoms with E-state index in [1.54, 1.807) is 13.8 Å². The third-order valence-electron chi connectivity index (χ3n) is 3.27. The Morgan fingerprint density at radius 2 is 2.06 bits per heavy atom. The lowest BCUT2D eigenvalue weighted by atomic mass is 9.82. The van der Waals surface area contributed by atoms with Gasteiger partial charge in [-0.1, -0.05) is 13.8 Å². The van der Waals surface area contributed by atoms with Crippen molar-refractivity contribution in [1.82, 2.24) is 5.32 Å². The highest BCUT2D eigenvalue weighted by Crippen LogP contribution is 2.25. The Hall–Kier alpha value is -1.72. The van der Waals surface area contributed by atoms with E-state index in [0.29, 0.717) is 26.1 Å². The summed E-state index contributed by atoms with van der Waals surface area (Å²) in [5.41, 5.74) is -0.925. The van der Waals surface area contributed by atoms with Crippen LogP contribution in [-0.4, -0.2) is 36.7 Å². The second-order valence-electron chi connectivity index (χ2n) is 4.18. The van der Waals surface area contributed by atoms with Gasteiger partial charge in [-0.25, -0.2) is 0 Å². The Labute approximate surface area is 106 Å². The number of aliphatic carboxylic acids is 1. The smallest absolute Gasteiger partial charge is 0.311 e. The molecule has 0 saturated heterocycles. The molecule has 0 aromatic heterocycles. The van der Waals surface area contributed by atoms with Crippen molar-refractivity contribution in [3.63, 3.8) is 0 Å². The molecular formula is C12H19NO5. The SMILES string of the molecule is CCC(CC)(CNC(=O)C1=COCCO1)C(=O)O. The fraction of sp³-hybridized carbons (Fsp3) is 0.667. The monoisotopic (exact) mass is 257 g/mol. The van der Waals surface area contributed by atoms with Crippen LogP contribution in [0.4, 0.5) is 0 Å². The fourth-order valence-corrected chi connectivity index (χ4v) is 1.70. The van der Waals surface area contributed by atoms with Gasteiger partial charge >= 0.3 is 5.97 Å². The molecule has 1 aliphatic rings. The molecule has 0 spiro atoms. The molecule has 0 aliphatic carbocycles. The standard InChI is InChI=1S/C12H19NO5/c1-3-12(4-2,11(15)16)8-13-10(14)9-7-17-5-6-18-9/h7H,3-6,8H2,1-2H3,(H,13,14)(H,15,16). The first kappa shape index (κ1) is 14.3. The summed E-state index contributed by atoms with van der Waals surface area (Å²) in [4.78, 5) is 23.0. The number of hydrogen-bond donors (Lipinski definition) is 2. The molecule has 1 amide bonds. The Morgan fingerprint density at radius 3 is 2.50 bits per heavy atom. The maximum absolute atomic E-state index is 11.7. The highest BCUT2D eigenvalue weighted by molar-refractivity contribution is 5.91. The average Bonchev–Trinajstić information content (AvgIpc) is 2.41. The predicted molar refractivity (Wildman–Crippen MR) is 63.6 cm³/mol. The molecule has 18 heavy (non-hydrogen) atoms. The van der Waals surface area contributed by atoms with Crippen LogP contribution in [0.1, 0.15) is 26.7 Å². The van der Waals surface area contributed by atoms with Crippen LogP contribution >= 0.6 is 0 Å². The molecule has 0 atom stereocenters. The van der Waals surface area contributed by atoms with Gasteiger partial charge in [0.2, 0.25) is 5.76 Å². The Morgan fingerprint density at radius 1 is 1.39 bits per heavy atom. The maximum atomic E-state index is 11.7. The topological polar surface area (TPSA) is 84.9 Å². The van der Waals surface area contributed by atoms with Crippen LogP contribution in [-0.2, 0) is 19.1 Å². The van der Waals surface area contributed by atoms with E-state index in [2.05, 4.69) is 5.32 Å². The summed E-state index contributed by atoms with van der Waals surface area (Å²) in [6, 6.07) is 0. The van der Waals surface area contributed by atoms with Crippen molar-refractivity contribution in [1.29, 1.82) is 0 Å². The third kappa shape index (κ3) is 3.15. The quantitative estimate of drug-likeness (QED) is 0.738. The minimum atomic E-state index is -0.925. The fourth-order valence-electron chi connectivity index (χ4n) is 1.70. The van der Waals surface area contributed by atoms with E-state index < -0.39 is 17.3 Å². The number of rotatable bonds is 6. The lowest BCUT2D eigenvalue weighted by Crippen LogP contribution is -2.43. The number of amides is 1. The van der Waals surface area contributed by atoms with E-state index >= 15 is 0 Å². The van der Waals surface area contributed by atoms with E-state index in [4.69, 9.17) is 9.47 Å². The molecule has 0 bridgehead atoms. The maximum Gasteiger partial charge on any atom is 0.311 e. The van der Waals surface area contributed by atoms with Crippen LogP contribution in [0, 0.1) is 5.41 Å². The molecule has 0 saturated carbocycles. The molecule has 0 aromatic carbocycles. The summed E-state index contributed by atoms with van der Waals surface area (Å²) < 4.78 is 10.1. The van der Waals surface area contributed by atoms with Gasteiger partial charge in [0.25, 0.3) is 5.91 Å². The predicted octanol–water partition coefficient (Wildman–Crippen LogP) is 0.882. The van der Waals surface area contributed by atoms with Crippen LogP contribution in [0.3, 0.4) is 0 Å². The highest BCUT2D eigenvalue weighted by Gasteiger charge is 2.35. The van der Waals surface area contributed by atoms with Crippen LogP contribution in [0.25, 0.3) is 0 Å². The lowest BCUT2D eigenvalue weighted by Gasteiger charge is -2.27. The number of carboxylic acid groups (broad SMARTS) is 1. The van der Waals surface area contributed by atoms with Gasteiger partial charge in [-0.2, -0.15) is 0 Å². The Balaban J connectivity index is 2.59. The third-order valence-corrected chi connectivity index (χ3v) is 3.27. The van der Waals surface area contributed by atoms with Gasteiger partial charge < -0.3 is 19.9 Å². The van der Waals surface area contributed by atoms with E-state index in [1.807, 2.05) is 0 Å². The number of carbonyl (C=O) groups excluding carboxylic acids is 1. The molecular weight excluding hydrogens is 238 g/mol. The molecule has 0 radical (unpaired) electrons. The lowest BCUT2D eigenvalue weighted by molar-refractivity contribution is -0.149. The highest BCUT2D eigenvalue weighted by atomic mass is 16.6. The molecule has 6 nitrogen and oxygen atoms in total. The number of nitrogens with one attached hydrogen (secondary N) is 1. The van der Waals surface area contributed by atoms with Gasteiger partial charge in [0.05, 0.1) is 5.41 Å². The van der Waals surface area contributed by atoms with Crippen molar-refractivity contribution < 1.29 is 24.2 Å². The van der Waals surface area contributed by atoms with E-state index in [9.17, 15) is 14.7 Å². The normalized spacial score (nSPS) is 15.1. The number of carboxylic acids is 1. The van der Waals surface area contributed by atoms with Gasteiger partial charge in [-0.15, -0.1) is 0 Å². The van der Waals surface area contributed by atoms with Crippen LogP contribution < -0.4 is 5.32 Å². The van der Waals surface area contributed by atoms with E-state index in [0.717, 1.165) is 0 Å². The zero-order valence-corrected chi connectivity index (χ0v) is 10.7. The van der Waals surface area contributed by atoms with Crippen LogP contribution in [0.15, 0.2) is 12.0 Å². The first-order chi connectivity index (χ1) is 8.55. The summed E-state index contributed by atoms with van der Waals surface area (Å²) >= 11 is 0. The Bertz CT molecular complexity index is 346. The Kier molecular flexibility index (Phi) is 5.00. The summed E-state index contributed by atoms with van der Waals surface area (Å²) in [5.74, 6) is -1.25. The zero-order valence-electron chi connectivity index (χ0n) is 10.7. The van der Waals surface area contributed by atoms with E-state index in [-0.39, 0.29) is 12.3 Å². The van der Waals surface area contributed by atoms with Crippen LogP contribution in [0.5, 0.6) is 0 Å². The van der Waals surface area contributed by atoms with Gasteiger partial charge in [0.1, 0.15) is 19.5 Å². The van der Waals surface area contributed by atoms with Crippen molar-refractivity contribution in [2.45, 2.75) is 26.7 Å². The van der Waals surface area contributed by atoms with Gasteiger partial charge in [0, 0.05) is 6.54 Å². The molecule has 2 N–H and O–H groups in total. The molecule has 0 aromatic rings. The minimum absolute atomic E-state index is 0.0782. The van der Waals surface area contributed by atoms with Crippen molar-refractivity contribution in [3.05, 3.63) is 12.0 Å². The van der Waals surface area contributed by atoms with Gasteiger partial charge in [0.15, 0.2) is 0 Å². The number of hydrogen-bond acceptors (Lipinski definition) is 4. The number of ether oxygens (including phenoxy) is 2. The summed E-state index contributed by atoms with van der Waals surface area (Å²) in [5, 5.41) is 11.8. The van der Waals surface area contributed by atoms with Crippen molar-refractivity contribution in [2.75, 3.05) is 19.8 Å². The van der Waals surface area contributed by atoms with Crippen molar-refractivity contribution >= 4 is 11.9 Å². The minimum Gasteiger partial charge on any atom is -0.494 e. The largest absolute Gasteiger partial charge is 0.494 e. The first-order valence-electron chi connectivity index (χ1n) is 6.02.